The van der Waals surface area contributed by atoms with Crippen LogP contribution in [0.4, 0.5) is 0 Å². The fourth-order valence-corrected chi connectivity index (χ4v) is 3.34. The summed E-state index contributed by atoms with van der Waals surface area (Å²) in [5.41, 5.74) is 2.51. The van der Waals surface area contributed by atoms with Crippen LogP contribution in [0.1, 0.15) is 35.8 Å². The van der Waals surface area contributed by atoms with Crippen LogP contribution in [0.2, 0.25) is 0 Å². The van der Waals surface area contributed by atoms with Crippen molar-refractivity contribution in [1.82, 2.24) is 10.3 Å². The van der Waals surface area contributed by atoms with E-state index in [1.165, 1.54) is 12.8 Å². The Morgan fingerprint density at radius 3 is 3.00 bits per heavy atom. The number of hydrogen-bond donors (Lipinski definition) is 1. The number of thiazole rings is 1. The van der Waals surface area contributed by atoms with Crippen molar-refractivity contribution < 1.29 is 4.79 Å². The van der Waals surface area contributed by atoms with Gasteiger partial charge in [-0.05, 0) is 37.8 Å². The number of rotatable bonds is 5. The van der Waals surface area contributed by atoms with Gasteiger partial charge in [-0.15, -0.1) is 22.9 Å². The number of benzene rings is 1. The lowest BCUT2D eigenvalue weighted by atomic mass is 10.1. The second-order valence-corrected chi connectivity index (χ2v) is 6.58. The number of nitrogens with zero attached hydrogens (tertiary/aromatic N) is 1. The number of nitrogens with one attached hydrogen (secondary N) is 1. The maximum Gasteiger partial charge on any atom is 0.251 e. The predicted octanol–water partition coefficient (Wildman–Crippen LogP) is 4.08. The van der Waals surface area contributed by atoms with E-state index in [-0.39, 0.29) is 11.9 Å². The SMILES string of the molecule is CC(NC(=O)c1cccc(-c2nc(CCl)cs2)c1)C1CC1. The van der Waals surface area contributed by atoms with Crippen LogP contribution in [0, 0.1) is 5.92 Å². The standard InChI is InChI=1S/C16H17ClN2OS/c1-10(11-5-6-11)18-15(20)12-3-2-4-13(7-12)16-19-14(8-17)9-21-16/h2-4,7,9-11H,5-6,8H2,1H3,(H,18,20). The van der Waals surface area contributed by atoms with E-state index < -0.39 is 0 Å². The Kier molecular flexibility index (Phi) is 4.27. The van der Waals surface area contributed by atoms with E-state index in [1.54, 1.807) is 11.3 Å². The van der Waals surface area contributed by atoms with Crippen LogP contribution in [0.15, 0.2) is 29.6 Å². The van der Waals surface area contributed by atoms with Gasteiger partial charge in [-0.1, -0.05) is 12.1 Å². The van der Waals surface area contributed by atoms with Crippen LogP contribution >= 0.6 is 22.9 Å². The molecule has 1 aromatic carbocycles. The largest absolute Gasteiger partial charge is 0.349 e. The molecule has 110 valence electrons. The molecule has 3 rings (SSSR count). The molecule has 3 nitrogen and oxygen atoms in total. The molecule has 1 N–H and O–H groups in total. The third-order valence-electron chi connectivity index (χ3n) is 3.75. The third-order valence-corrected chi connectivity index (χ3v) is 4.96. The van der Waals surface area contributed by atoms with E-state index in [0.717, 1.165) is 16.3 Å². The first-order valence-electron chi connectivity index (χ1n) is 7.09. The zero-order valence-corrected chi connectivity index (χ0v) is 13.4. The van der Waals surface area contributed by atoms with Gasteiger partial charge in [0.1, 0.15) is 5.01 Å². The molecule has 0 spiro atoms. The number of amides is 1. The second-order valence-electron chi connectivity index (χ2n) is 5.46. The van der Waals surface area contributed by atoms with Crippen molar-refractivity contribution >= 4 is 28.8 Å². The molecule has 1 aliphatic carbocycles. The average molecular weight is 321 g/mol. The van der Waals surface area contributed by atoms with Gasteiger partial charge in [0, 0.05) is 22.5 Å². The summed E-state index contributed by atoms with van der Waals surface area (Å²) in [6, 6.07) is 7.86. The topological polar surface area (TPSA) is 42.0 Å². The minimum atomic E-state index is -0.00891. The summed E-state index contributed by atoms with van der Waals surface area (Å²) >= 11 is 7.33. The van der Waals surface area contributed by atoms with Crippen LogP contribution < -0.4 is 5.32 Å². The number of carbonyl (C=O) groups is 1. The molecule has 1 fully saturated rings. The van der Waals surface area contributed by atoms with Gasteiger partial charge in [0.05, 0.1) is 11.6 Å². The molecule has 0 bridgehead atoms. The molecular formula is C16H17ClN2OS. The highest BCUT2D eigenvalue weighted by Crippen LogP contribution is 2.32. The molecule has 21 heavy (non-hydrogen) atoms. The van der Waals surface area contributed by atoms with Crippen molar-refractivity contribution in [2.24, 2.45) is 5.92 Å². The Morgan fingerprint density at radius 1 is 1.52 bits per heavy atom. The quantitative estimate of drug-likeness (QED) is 0.843. The summed E-state index contributed by atoms with van der Waals surface area (Å²) < 4.78 is 0. The monoisotopic (exact) mass is 320 g/mol. The van der Waals surface area contributed by atoms with Crippen molar-refractivity contribution in [2.75, 3.05) is 0 Å². The molecule has 1 saturated carbocycles. The Bertz CT molecular complexity index is 651. The highest BCUT2D eigenvalue weighted by Gasteiger charge is 2.29. The summed E-state index contributed by atoms with van der Waals surface area (Å²) in [4.78, 5) is 16.7. The molecule has 1 aromatic heterocycles. The van der Waals surface area contributed by atoms with Crippen molar-refractivity contribution in [3.05, 3.63) is 40.9 Å². The smallest absolute Gasteiger partial charge is 0.251 e. The number of halogens is 1. The number of hydrogen-bond acceptors (Lipinski definition) is 3. The molecule has 0 aliphatic heterocycles. The predicted molar refractivity (Wildman–Crippen MR) is 86.8 cm³/mol. The van der Waals surface area contributed by atoms with Crippen LogP contribution in [0.25, 0.3) is 10.6 Å². The highest BCUT2D eigenvalue weighted by molar-refractivity contribution is 7.13. The van der Waals surface area contributed by atoms with Crippen LogP contribution in [0.5, 0.6) is 0 Å². The van der Waals surface area contributed by atoms with Crippen molar-refractivity contribution in [3.8, 4) is 10.6 Å². The zero-order valence-electron chi connectivity index (χ0n) is 11.8. The van der Waals surface area contributed by atoms with Gasteiger partial charge >= 0.3 is 0 Å². The van der Waals surface area contributed by atoms with E-state index in [1.807, 2.05) is 29.6 Å². The average Bonchev–Trinajstić information content (AvgIpc) is 3.25. The van der Waals surface area contributed by atoms with E-state index in [2.05, 4.69) is 17.2 Å². The molecular weight excluding hydrogens is 304 g/mol. The van der Waals surface area contributed by atoms with Gasteiger partial charge in [-0.2, -0.15) is 0 Å². The third kappa shape index (κ3) is 3.44. The Hall–Kier alpha value is -1.39. The molecule has 0 radical (unpaired) electrons. The lowest BCUT2D eigenvalue weighted by Crippen LogP contribution is -2.33. The Morgan fingerprint density at radius 2 is 2.33 bits per heavy atom. The first kappa shape index (κ1) is 14.5. The van der Waals surface area contributed by atoms with E-state index in [9.17, 15) is 4.79 Å². The van der Waals surface area contributed by atoms with Crippen LogP contribution in [0.3, 0.4) is 0 Å². The fourth-order valence-electron chi connectivity index (χ4n) is 2.30. The molecule has 1 heterocycles. The number of alkyl halides is 1. The summed E-state index contributed by atoms with van der Waals surface area (Å²) in [5, 5.41) is 5.92. The molecule has 1 atom stereocenters. The molecule has 1 aliphatic rings. The van der Waals surface area contributed by atoms with Gasteiger partial charge in [0.2, 0.25) is 0 Å². The second kappa shape index (κ2) is 6.16. The first-order chi connectivity index (χ1) is 10.2. The summed E-state index contributed by atoms with van der Waals surface area (Å²) in [6.07, 6.45) is 2.45. The maximum atomic E-state index is 12.3. The summed E-state index contributed by atoms with van der Waals surface area (Å²) in [6.45, 7) is 2.08. The van der Waals surface area contributed by atoms with Crippen molar-refractivity contribution in [1.29, 1.82) is 0 Å². The van der Waals surface area contributed by atoms with E-state index >= 15 is 0 Å². The van der Waals surface area contributed by atoms with Gasteiger partial charge in [0.25, 0.3) is 5.91 Å². The number of carbonyl (C=O) groups excluding carboxylic acids is 1. The van der Waals surface area contributed by atoms with Crippen LogP contribution in [-0.2, 0) is 5.88 Å². The summed E-state index contributed by atoms with van der Waals surface area (Å²) in [5.74, 6) is 1.06. The highest BCUT2D eigenvalue weighted by atomic mass is 35.5. The lowest BCUT2D eigenvalue weighted by Gasteiger charge is -2.13. The molecule has 0 saturated heterocycles. The van der Waals surface area contributed by atoms with E-state index in [0.29, 0.717) is 17.4 Å². The summed E-state index contributed by atoms with van der Waals surface area (Å²) in [7, 11) is 0. The fraction of sp³-hybridized carbons (Fsp3) is 0.375. The minimum Gasteiger partial charge on any atom is -0.349 e. The lowest BCUT2D eigenvalue weighted by molar-refractivity contribution is 0.0936. The first-order valence-corrected chi connectivity index (χ1v) is 8.50. The number of aromatic nitrogens is 1. The molecule has 1 unspecified atom stereocenters. The van der Waals surface area contributed by atoms with Gasteiger partial charge in [-0.3, -0.25) is 4.79 Å². The molecule has 2 aromatic rings. The van der Waals surface area contributed by atoms with Crippen molar-refractivity contribution in [3.63, 3.8) is 0 Å². The Balaban J connectivity index is 1.77. The minimum absolute atomic E-state index is 0.00891. The van der Waals surface area contributed by atoms with Crippen molar-refractivity contribution in [2.45, 2.75) is 31.7 Å². The van der Waals surface area contributed by atoms with Gasteiger partial charge < -0.3 is 5.32 Å². The van der Waals surface area contributed by atoms with Crippen LogP contribution in [-0.4, -0.2) is 16.9 Å². The van der Waals surface area contributed by atoms with E-state index in [4.69, 9.17) is 11.6 Å². The maximum absolute atomic E-state index is 12.3. The zero-order chi connectivity index (χ0) is 14.8. The van der Waals surface area contributed by atoms with Gasteiger partial charge in [0.15, 0.2) is 0 Å². The van der Waals surface area contributed by atoms with Gasteiger partial charge in [-0.25, -0.2) is 4.98 Å². The Labute approximate surface area is 133 Å². The normalized spacial score (nSPS) is 15.7. The molecule has 5 heteroatoms. The molecule has 1 amide bonds.